The Morgan fingerprint density at radius 2 is 2.00 bits per heavy atom. The summed E-state index contributed by atoms with van der Waals surface area (Å²) >= 11 is 0. The van der Waals surface area contributed by atoms with E-state index in [1.807, 2.05) is 31.2 Å². The number of nitrogens with one attached hydrogen (secondary N) is 1. The lowest BCUT2D eigenvalue weighted by atomic mass is 9.57. The molecular weight excluding hydrogens is 566 g/mol. The summed E-state index contributed by atoms with van der Waals surface area (Å²) in [5.41, 5.74) is -2.50. The standard InChI is InChI=1S/C29H31N3O9S/c1-4-19-21-16-23-29-27(20-8-6-7-9-22(20)30-29,41-26(40-24(19)39-5-2)28(21,29)25(33)38-3)14-15-31(23)42(36,37)18-12-10-17(11-13-18)32(34)35/h4,6-13,19,21,23-24,26,30H,1,5,14-16H2,2-3H3/t19-,21+,23+,24-,26+,27-,28-,29+/m1/s1. The lowest BCUT2D eigenvalue weighted by Crippen LogP contribution is -2.73. The second-order valence-corrected chi connectivity index (χ2v) is 13.3. The largest absolute Gasteiger partial charge is 0.468 e. The van der Waals surface area contributed by atoms with Crippen molar-refractivity contribution < 1.29 is 37.1 Å². The predicted molar refractivity (Wildman–Crippen MR) is 147 cm³/mol. The molecule has 4 heterocycles. The van der Waals surface area contributed by atoms with E-state index < -0.39 is 67.9 Å². The number of methoxy groups -OCH3 is 1. The maximum absolute atomic E-state index is 14.3. The van der Waals surface area contributed by atoms with Gasteiger partial charge in [0.1, 0.15) is 16.6 Å². The van der Waals surface area contributed by atoms with Crippen LogP contribution in [0.15, 0.2) is 66.1 Å². The highest BCUT2D eigenvalue weighted by Gasteiger charge is 2.91. The molecule has 5 aliphatic rings. The molecule has 1 spiro atoms. The molecule has 0 radical (unpaired) electrons. The Kier molecular flexibility index (Phi) is 5.93. The van der Waals surface area contributed by atoms with Crippen LogP contribution in [0.5, 0.6) is 0 Å². The van der Waals surface area contributed by atoms with Gasteiger partial charge in [0.15, 0.2) is 12.6 Å². The van der Waals surface area contributed by atoms with Crippen LogP contribution in [0.25, 0.3) is 0 Å². The first-order valence-corrected chi connectivity index (χ1v) is 15.4. The van der Waals surface area contributed by atoms with Crippen LogP contribution in [-0.2, 0) is 39.4 Å². The van der Waals surface area contributed by atoms with E-state index in [0.717, 1.165) is 11.3 Å². The number of nitro groups is 1. The molecule has 12 nitrogen and oxygen atoms in total. The molecule has 2 aromatic carbocycles. The van der Waals surface area contributed by atoms with Gasteiger partial charge >= 0.3 is 5.97 Å². The summed E-state index contributed by atoms with van der Waals surface area (Å²) in [4.78, 5) is 24.9. The highest BCUT2D eigenvalue weighted by molar-refractivity contribution is 7.89. The normalized spacial score (nSPS) is 37.7. The summed E-state index contributed by atoms with van der Waals surface area (Å²) < 4.78 is 55.0. The molecule has 0 bridgehead atoms. The summed E-state index contributed by atoms with van der Waals surface area (Å²) in [7, 11) is -2.87. The number of carbonyl (C=O) groups excluding carboxylic acids is 1. The molecule has 0 amide bonds. The molecule has 2 aromatic rings. The third kappa shape index (κ3) is 3.00. The average molecular weight is 598 g/mol. The number of hydrogen-bond acceptors (Lipinski definition) is 10. The number of non-ortho nitro benzene ring substituents is 1. The van der Waals surface area contributed by atoms with Crippen LogP contribution in [0.2, 0.25) is 0 Å². The zero-order valence-corrected chi connectivity index (χ0v) is 23.9. The zero-order valence-electron chi connectivity index (χ0n) is 23.1. The number of nitro benzene ring substituents is 1. The highest BCUT2D eigenvalue weighted by Crippen LogP contribution is 2.77. The van der Waals surface area contributed by atoms with Gasteiger partial charge < -0.3 is 24.3 Å². The number of sulfonamides is 1. The molecule has 8 atom stereocenters. The van der Waals surface area contributed by atoms with E-state index >= 15 is 0 Å². The fraction of sp³-hybridized carbons (Fsp3) is 0.483. The number of ether oxygens (including phenoxy) is 4. The van der Waals surface area contributed by atoms with Crippen LogP contribution in [0.1, 0.15) is 25.3 Å². The fourth-order valence-corrected chi connectivity index (χ4v) is 10.4. The fourth-order valence-electron chi connectivity index (χ4n) is 8.70. The van der Waals surface area contributed by atoms with Crippen molar-refractivity contribution in [3.63, 3.8) is 0 Å². The van der Waals surface area contributed by atoms with Gasteiger partial charge in [-0.1, -0.05) is 24.3 Å². The van der Waals surface area contributed by atoms with Crippen molar-refractivity contribution in [1.82, 2.24) is 4.31 Å². The Balaban J connectivity index is 1.46. The van der Waals surface area contributed by atoms with Crippen molar-refractivity contribution in [2.24, 2.45) is 17.3 Å². The number of esters is 1. The second-order valence-electron chi connectivity index (χ2n) is 11.4. The Labute approximate surface area is 242 Å². The summed E-state index contributed by atoms with van der Waals surface area (Å²) in [6.07, 6.45) is 0.352. The number of rotatable bonds is 7. The topological polar surface area (TPSA) is 147 Å². The Morgan fingerprint density at radius 3 is 2.67 bits per heavy atom. The van der Waals surface area contributed by atoms with Gasteiger partial charge in [0.25, 0.3) is 5.69 Å². The molecule has 3 saturated heterocycles. The van der Waals surface area contributed by atoms with Gasteiger partial charge in [-0.15, -0.1) is 6.58 Å². The van der Waals surface area contributed by atoms with Gasteiger partial charge in [-0.25, -0.2) is 8.42 Å². The molecular formula is C29H31N3O9S. The van der Waals surface area contributed by atoms with Crippen molar-refractivity contribution in [2.45, 2.75) is 54.4 Å². The van der Waals surface area contributed by atoms with E-state index in [1.165, 1.54) is 35.7 Å². The lowest BCUT2D eigenvalue weighted by molar-refractivity contribution is -0.384. The number of fused-ring (bicyclic) bond motifs is 1. The smallest absolute Gasteiger partial charge is 0.319 e. The van der Waals surface area contributed by atoms with E-state index in [0.29, 0.717) is 6.61 Å². The molecule has 4 aliphatic heterocycles. The monoisotopic (exact) mass is 597 g/mol. The quantitative estimate of drug-likeness (QED) is 0.219. The molecule has 0 aromatic heterocycles. The van der Waals surface area contributed by atoms with Crippen LogP contribution in [0.3, 0.4) is 0 Å². The van der Waals surface area contributed by atoms with E-state index in [9.17, 15) is 23.3 Å². The van der Waals surface area contributed by atoms with Gasteiger partial charge in [-0.05, 0) is 43.9 Å². The SMILES string of the molecule is C=C[C@H]1[C@H](OCC)O[C@H]2O[C@@]34CCN(S(=O)(=O)c5ccc([N+](=O)[O-])cc5)[C@H]5C[C@@H]1[C@]2(C(=O)OC)[C@]53Nc1ccccc14. The maximum Gasteiger partial charge on any atom is 0.319 e. The van der Waals surface area contributed by atoms with E-state index in [1.54, 1.807) is 6.08 Å². The van der Waals surface area contributed by atoms with Crippen LogP contribution < -0.4 is 5.32 Å². The molecule has 1 aliphatic carbocycles. The minimum Gasteiger partial charge on any atom is -0.468 e. The molecule has 0 unspecified atom stereocenters. The van der Waals surface area contributed by atoms with Gasteiger partial charge in [-0.2, -0.15) is 4.31 Å². The first-order valence-electron chi connectivity index (χ1n) is 13.9. The summed E-state index contributed by atoms with van der Waals surface area (Å²) in [5, 5.41) is 14.9. The van der Waals surface area contributed by atoms with E-state index in [-0.39, 0.29) is 30.0 Å². The Bertz CT molecular complexity index is 1600. The Hall–Kier alpha value is -3.36. The van der Waals surface area contributed by atoms with Gasteiger partial charge in [-0.3, -0.25) is 14.9 Å². The summed E-state index contributed by atoms with van der Waals surface area (Å²) in [6, 6.07) is 11.7. The molecule has 42 heavy (non-hydrogen) atoms. The van der Waals surface area contributed by atoms with Crippen LogP contribution in [-0.4, -0.2) is 68.0 Å². The number of para-hydroxylation sites is 1. The number of benzene rings is 2. The summed E-state index contributed by atoms with van der Waals surface area (Å²) in [6.45, 7) is 6.33. The highest BCUT2D eigenvalue weighted by atomic mass is 32.2. The number of anilines is 1. The number of nitrogens with zero attached hydrogens (tertiary/aromatic N) is 2. The Morgan fingerprint density at radius 1 is 1.26 bits per heavy atom. The molecule has 222 valence electrons. The van der Waals surface area contributed by atoms with Crippen molar-refractivity contribution in [1.29, 1.82) is 0 Å². The zero-order chi connectivity index (χ0) is 29.7. The number of carbonyl (C=O) groups is 1. The first-order chi connectivity index (χ1) is 20.1. The van der Waals surface area contributed by atoms with Gasteiger partial charge in [0.2, 0.25) is 10.0 Å². The van der Waals surface area contributed by atoms with Crippen molar-refractivity contribution >= 4 is 27.4 Å². The van der Waals surface area contributed by atoms with Crippen molar-refractivity contribution in [3.8, 4) is 0 Å². The van der Waals surface area contributed by atoms with Crippen molar-refractivity contribution in [3.05, 3.63) is 76.9 Å². The van der Waals surface area contributed by atoms with Gasteiger partial charge in [0.05, 0.1) is 23.0 Å². The molecule has 1 N–H and O–H groups in total. The maximum atomic E-state index is 14.3. The third-order valence-electron chi connectivity index (χ3n) is 10.1. The molecule has 7 rings (SSSR count). The van der Waals surface area contributed by atoms with Crippen LogP contribution in [0.4, 0.5) is 11.4 Å². The molecule has 1 saturated carbocycles. The number of piperidine rings is 1. The first kappa shape index (κ1) is 27.5. The summed E-state index contributed by atoms with van der Waals surface area (Å²) in [5.74, 6) is -1.55. The minimum atomic E-state index is -4.18. The van der Waals surface area contributed by atoms with Crippen LogP contribution in [0, 0.1) is 27.4 Å². The number of hydrogen-bond donors (Lipinski definition) is 1. The van der Waals surface area contributed by atoms with E-state index in [2.05, 4.69) is 11.9 Å². The van der Waals surface area contributed by atoms with Crippen LogP contribution >= 0.6 is 0 Å². The predicted octanol–water partition coefficient (Wildman–Crippen LogP) is 3.15. The molecule has 13 heteroatoms. The average Bonchev–Trinajstić information content (AvgIpc) is 3.55. The third-order valence-corrected chi connectivity index (χ3v) is 12.0. The molecule has 4 fully saturated rings. The second kappa shape index (κ2) is 9.07. The van der Waals surface area contributed by atoms with Gasteiger partial charge in [0, 0.05) is 42.5 Å². The van der Waals surface area contributed by atoms with Crippen molar-refractivity contribution in [2.75, 3.05) is 25.6 Å². The minimum absolute atomic E-state index is 0.0753. The lowest BCUT2D eigenvalue weighted by Gasteiger charge is -2.54. The van der Waals surface area contributed by atoms with E-state index in [4.69, 9.17) is 18.9 Å².